The van der Waals surface area contributed by atoms with Crippen molar-refractivity contribution in [1.82, 2.24) is 4.90 Å². The summed E-state index contributed by atoms with van der Waals surface area (Å²) >= 11 is 0. The number of fused-ring (bicyclic) bond motifs is 6. The van der Waals surface area contributed by atoms with Crippen molar-refractivity contribution in [2.75, 3.05) is 11.9 Å². The van der Waals surface area contributed by atoms with Crippen LogP contribution in [0.3, 0.4) is 0 Å². The lowest BCUT2D eigenvalue weighted by Gasteiger charge is -2.19. The number of carbonyl (C=O) groups is 3. The Morgan fingerprint density at radius 2 is 1.63 bits per heavy atom. The maximum atomic E-state index is 12.7. The van der Waals surface area contributed by atoms with Gasteiger partial charge in [-0.05, 0) is 42.6 Å². The van der Waals surface area contributed by atoms with Crippen LogP contribution in [-0.4, -0.2) is 29.2 Å². The molecule has 2 aromatic carbocycles. The molecule has 1 saturated heterocycles. The quantitative estimate of drug-likeness (QED) is 0.850. The van der Waals surface area contributed by atoms with E-state index in [9.17, 15) is 14.4 Å². The second-order valence-corrected chi connectivity index (χ2v) is 8.04. The van der Waals surface area contributed by atoms with Gasteiger partial charge in [0.05, 0.1) is 11.8 Å². The molecule has 2 aliphatic carbocycles. The SMILES string of the molecule is O=C(CCN1C(=O)[C@@H]2[C@@H]3CC[C@@H](C3)[C@@H]2C1=O)Nc1cccc2ccccc12. The maximum absolute atomic E-state index is 12.7. The van der Waals surface area contributed by atoms with Crippen molar-refractivity contribution in [3.05, 3.63) is 42.5 Å². The van der Waals surface area contributed by atoms with Crippen molar-refractivity contribution in [2.24, 2.45) is 23.7 Å². The van der Waals surface area contributed by atoms with E-state index in [4.69, 9.17) is 0 Å². The van der Waals surface area contributed by atoms with E-state index in [0.29, 0.717) is 11.8 Å². The molecule has 1 N–H and O–H groups in total. The predicted octanol–water partition coefficient (Wildman–Crippen LogP) is 3.20. The van der Waals surface area contributed by atoms with Gasteiger partial charge < -0.3 is 5.32 Å². The van der Waals surface area contributed by atoms with Gasteiger partial charge in [-0.2, -0.15) is 0 Å². The average Bonchev–Trinajstić information content (AvgIpc) is 3.35. The zero-order valence-corrected chi connectivity index (χ0v) is 15.1. The first kappa shape index (κ1) is 16.5. The minimum absolute atomic E-state index is 0.0461. The van der Waals surface area contributed by atoms with Crippen LogP contribution in [-0.2, 0) is 14.4 Å². The number of nitrogens with zero attached hydrogens (tertiary/aromatic N) is 1. The molecule has 3 aliphatic rings. The maximum Gasteiger partial charge on any atom is 0.233 e. The third-order valence-electron chi connectivity index (χ3n) is 6.64. The van der Waals surface area contributed by atoms with Gasteiger partial charge in [0.2, 0.25) is 17.7 Å². The second-order valence-electron chi connectivity index (χ2n) is 8.04. The minimum Gasteiger partial charge on any atom is -0.325 e. The molecule has 0 radical (unpaired) electrons. The van der Waals surface area contributed by atoms with Crippen molar-refractivity contribution in [3.63, 3.8) is 0 Å². The Morgan fingerprint density at radius 1 is 0.963 bits per heavy atom. The van der Waals surface area contributed by atoms with Crippen LogP contribution in [0.25, 0.3) is 10.8 Å². The molecule has 1 heterocycles. The standard InChI is InChI=1S/C22H22N2O3/c25-18(23-17-7-3-5-13-4-1-2-6-16(13)17)10-11-24-21(26)19-14-8-9-15(12-14)20(19)22(24)27/h1-7,14-15,19-20H,8-12H2,(H,23,25)/t14-,15+,19-,20+. The summed E-state index contributed by atoms with van der Waals surface area (Å²) < 4.78 is 0. The fourth-order valence-electron chi connectivity index (χ4n) is 5.45. The van der Waals surface area contributed by atoms with Crippen molar-refractivity contribution in [3.8, 4) is 0 Å². The molecule has 3 amide bonds. The summed E-state index contributed by atoms with van der Waals surface area (Å²) in [5.41, 5.74) is 0.757. The van der Waals surface area contributed by atoms with Gasteiger partial charge in [-0.3, -0.25) is 19.3 Å². The van der Waals surface area contributed by atoms with E-state index in [0.717, 1.165) is 35.7 Å². The Bertz CT molecular complexity index is 920. The number of hydrogen-bond acceptors (Lipinski definition) is 3. The second kappa shape index (κ2) is 6.19. The molecule has 0 unspecified atom stereocenters. The Hall–Kier alpha value is -2.69. The molecule has 0 aromatic heterocycles. The third kappa shape index (κ3) is 2.56. The van der Waals surface area contributed by atoms with Gasteiger partial charge in [-0.15, -0.1) is 0 Å². The Balaban J connectivity index is 1.26. The molecule has 27 heavy (non-hydrogen) atoms. The normalized spacial score (nSPS) is 28.8. The van der Waals surface area contributed by atoms with Gasteiger partial charge in [-0.1, -0.05) is 36.4 Å². The summed E-state index contributed by atoms with van der Waals surface area (Å²) in [5, 5.41) is 4.97. The van der Waals surface area contributed by atoms with E-state index < -0.39 is 0 Å². The largest absolute Gasteiger partial charge is 0.325 e. The number of benzene rings is 2. The summed E-state index contributed by atoms with van der Waals surface area (Å²) in [7, 11) is 0. The molecule has 5 nitrogen and oxygen atoms in total. The average molecular weight is 362 g/mol. The summed E-state index contributed by atoms with van der Waals surface area (Å²) in [5.74, 6) is 0.268. The molecular formula is C22H22N2O3. The Morgan fingerprint density at radius 3 is 2.37 bits per heavy atom. The van der Waals surface area contributed by atoms with E-state index in [2.05, 4.69) is 5.32 Å². The monoisotopic (exact) mass is 362 g/mol. The lowest BCUT2D eigenvalue weighted by molar-refractivity contribution is -0.140. The fraction of sp³-hybridized carbons (Fsp3) is 0.409. The molecular weight excluding hydrogens is 340 g/mol. The number of rotatable bonds is 4. The molecule has 5 rings (SSSR count). The smallest absolute Gasteiger partial charge is 0.233 e. The van der Waals surface area contributed by atoms with Gasteiger partial charge >= 0.3 is 0 Å². The van der Waals surface area contributed by atoms with Gasteiger partial charge in [-0.25, -0.2) is 0 Å². The van der Waals surface area contributed by atoms with Gasteiger partial charge in [0.1, 0.15) is 0 Å². The van der Waals surface area contributed by atoms with E-state index >= 15 is 0 Å². The molecule has 3 fully saturated rings. The molecule has 2 bridgehead atoms. The zero-order chi connectivity index (χ0) is 18.5. The summed E-state index contributed by atoms with van der Waals surface area (Å²) in [6.45, 7) is 0.181. The fourth-order valence-corrected chi connectivity index (χ4v) is 5.45. The van der Waals surface area contributed by atoms with E-state index in [1.807, 2.05) is 42.5 Å². The van der Waals surface area contributed by atoms with Crippen LogP contribution in [0.4, 0.5) is 5.69 Å². The van der Waals surface area contributed by atoms with E-state index in [1.54, 1.807) is 0 Å². The minimum atomic E-state index is -0.174. The van der Waals surface area contributed by atoms with Crippen molar-refractivity contribution >= 4 is 34.2 Å². The van der Waals surface area contributed by atoms with Crippen LogP contribution in [0.2, 0.25) is 0 Å². The molecule has 5 heteroatoms. The molecule has 4 atom stereocenters. The summed E-state index contributed by atoms with van der Waals surface area (Å²) in [4.78, 5) is 39.2. The Labute approximate surface area is 157 Å². The number of amides is 3. The first-order valence-electron chi connectivity index (χ1n) is 9.76. The summed E-state index contributed by atoms with van der Waals surface area (Å²) in [6, 6.07) is 13.6. The van der Waals surface area contributed by atoms with Gasteiger partial charge in [0.25, 0.3) is 0 Å². The van der Waals surface area contributed by atoms with Crippen molar-refractivity contribution in [2.45, 2.75) is 25.7 Å². The number of anilines is 1. The number of carbonyl (C=O) groups excluding carboxylic acids is 3. The first-order chi connectivity index (χ1) is 13.1. The highest BCUT2D eigenvalue weighted by Gasteiger charge is 2.60. The topological polar surface area (TPSA) is 66.5 Å². The highest BCUT2D eigenvalue weighted by Crippen LogP contribution is 2.56. The molecule has 138 valence electrons. The van der Waals surface area contributed by atoms with Crippen LogP contribution in [0.15, 0.2) is 42.5 Å². The highest BCUT2D eigenvalue weighted by atomic mass is 16.2. The van der Waals surface area contributed by atoms with Crippen LogP contribution in [0, 0.1) is 23.7 Å². The molecule has 0 spiro atoms. The molecule has 2 aromatic rings. The van der Waals surface area contributed by atoms with Gasteiger partial charge in [0.15, 0.2) is 0 Å². The highest BCUT2D eigenvalue weighted by molar-refractivity contribution is 6.07. The predicted molar refractivity (Wildman–Crippen MR) is 102 cm³/mol. The molecule has 2 saturated carbocycles. The zero-order valence-electron chi connectivity index (χ0n) is 15.1. The first-order valence-corrected chi connectivity index (χ1v) is 9.76. The number of nitrogens with one attached hydrogen (secondary N) is 1. The van der Waals surface area contributed by atoms with E-state index in [1.165, 1.54) is 4.90 Å². The third-order valence-corrected chi connectivity index (χ3v) is 6.64. The van der Waals surface area contributed by atoms with Crippen LogP contribution < -0.4 is 5.32 Å². The van der Waals surface area contributed by atoms with Crippen LogP contribution >= 0.6 is 0 Å². The van der Waals surface area contributed by atoms with Crippen molar-refractivity contribution < 1.29 is 14.4 Å². The lowest BCUT2D eigenvalue weighted by Crippen LogP contribution is -2.35. The van der Waals surface area contributed by atoms with E-state index in [-0.39, 0.29) is 42.5 Å². The summed E-state index contributed by atoms with van der Waals surface area (Å²) in [6.07, 6.45) is 3.30. The number of likely N-dealkylation sites (tertiary alicyclic amines) is 1. The van der Waals surface area contributed by atoms with Crippen LogP contribution in [0.1, 0.15) is 25.7 Å². The number of imide groups is 1. The van der Waals surface area contributed by atoms with Crippen LogP contribution in [0.5, 0.6) is 0 Å². The van der Waals surface area contributed by atoms with Gasteiger partial charge in [0, 0.05) is 24.0 Å². The number of hydrogen-bond donors (Lipinski definition) is 1. The lowest BCUT2D eigenvalue weighted by atomic mass is 9.81. The van der Waals surface area contributed by atoms with Crippen molar-refractivity contribution in [1.29, 1.82) is 0 Å². The molecule has 1 aliphatic heterocycles. The Kier molecular flexibility index (Phi) is 3.78.